The molecule has 1 aromatic carbocycles. The minimum Gasteiger partial charge on any atom is -0.618 e. The van der Waals surface area contributed by atoms with Crippen LogP contribution in [0.4, 0.5) is 5.69 Å². The number of anilines is 1. The molecule has 7 nitrogen and oxygen atoms in total. The largest absolute Gasteiger partial charge is 0.618 e. The smallest absolute Gasteiger partial charge is 0.405 e. The first-order valence-electron chi connectivity index (χ1n) is 6.25. The molecule has 2 rings (SSSR count). The van der Waals surface area contributed by atoms with Crippen molar-refractivity contribution < 1.29 is 19.1 Å². The molecule has 0 aliphatic carbocycles. The second-order valence-electron chi connectivity index (χ2n) is 4.23. The maximum atomic E-state index is 11.7. The number of ether oxygens (including phenoxy) is 1. The molecule has 2 aromatic rings. The third kappa shape index (κ3) is 3.80. The number of nitrogens with one attached hydrogen (secondary N) is 1. The topological polar surface area (TPSA) is 106 Å². The summed E-state index contributed by atoms with van der Waals surface area (Å²) in [5.74, 6) is -1.46. The molecule has 1 aromatic heterocycles. The van der Waals surface area contributed by atoms with Gasteiger partial charge < -0.3 is 15.3 Å². The van der Waals surface area contributed by atoms with Crippen molar-refractivity contribution in [2.75, 3.05) is 11.9 Å². The van der Waals surface area contributed by atoms with Crippen LogP contribution in [-0.4, -0.2) is 18.5 Å². The van der Waals surface area contributed by atoms with Crippen LogP contribution in [0.25, 0.3) is 0 Å². The number of benzene rings is 1. The Labute approximate surface area is 126 Å². The third-order valence-corrected chi connectivity index (χ3v) is 2.64. The summed E-state index contributed by atoms with van der Waals surface area (Å²) in [6, 6.07) is 12.5. The number of nitrogens with zero attached hydrogens (tertiary/aromatic N) is 2. The molecule has 0 unspecified atom stereocenters. The number of aromatic nitrogens is 1. The van der Waals surface area contributed by atoms with Gasteiger partial charge in [0.1, 0.15) is 0 Å². The molecule has 0 spiro atoms. The van der Waals surface area contributed by atoms with Gasteiger partial charge in [0.15, 0.2) is 12.8 Å². The molecule has 7 heteroatoms. The Morgan fingerprint density at radius 1 is 1.27 bits per heavy atom. The first-order valence-corrected chi connectivity index (χ1v) is 6.25. The van der Waals surface area contributed by atoms with Gasteiger partial charge in [0, 0.05) is 17.8 Å². The quantitative estimate of drug-likeness (QED) is 0.514. The highest BCUT2D eigenvalue weighted by Crippen LogP contribution is 2.09. The van der Waals surface area contributed by atoms with E-state index < -0.39 is 18.5 Å². The Morgan fingerprint density at radius 3 is 2.82 bits per heavy atom. The van der Waals surface area contributed by atoms with Gasteiger partial charge in [0.2, 0.25) is 0 Å². The molecule has 0 fully saturated rings. The molecule has 0 radical (unpaired) electrons. The minimum absolute atomic E-state index is 0.207. The molecular weight excluding hydrogens is 286 g/mol. The van der Waals surface area contributed by atoms with E-state index >= 15 is 0 Å². The van der Waals surface area contributed by atoms with Crippen LogP contribution in [0.5, 0.6) is 0 Å². The summed E-state index contributed by atoms with van der Waals surface area (Å²) in [6.45, 7) is -0.537. The van der Waals surface area contributed by atoms with Crippen molar-refractivity contribution in [3.8, 4) is 6.07 Å². The van der Waals surface area contributed by atoms with E-state index in [0.29, 0.717) is 16.0 Å². The molecule has 1 N–H and O–H groups in total. The van der Waals surface area contributed by atoms with E-state index in [1.165, 1.54) is 24.3 Å². The summed E-state index contributed by atoms with van der Waals surface area (Å²) in [5.41, 5.74) is 0.604. The van der Waals surface area contributed by atoms with Gasteiger partial charge in [-0.3, -0.25) is 4.79 Å². The van der Waals surface area contributed by atoms with Gasteiger partial charge in [-0.25, -0.2) is 4.79 Å². The third-order valence-electron chi connectivity index (χ3n) is 2.64. The Bertz CT molecular complexity index is 752. The van der Waals surface area contributed by atoms with Crippen molar-refractivity contribution in [1.82, 2.24) is 0 Å². The Kier molecular flexibility index (Phi) is 4.67. The fourth-order valence-corrected chi connectivity index (χ4v) is 1.65. The fourth-order valence-electron chi connectivity index (χ4n) is 1.65. The molecule has 0 aliphatic rings. The summed E-state index contributed by atoms with van der Waals surface area (Å²) < 4.78 is 5.12. The lowest BCUT2D eigenvalue weighted by Gasteiger charge is -2.07. The van der Waals surface area contributed by atoms with Crippen LogP contribution in [0.1, 0.15) is 16.1 Å². The highest BCUT2D eigenvalue weighted by molar-refractivity contribution is 5.94. The molecule has 1 amide bonds. The predicted molar refractivity (Wildman–Crippen MR) is 75.5 cm³/mol. The molecule has 22 heavy (non-hydrogen) atoms. The normalized spacial score (nSPS) is 9.59. The summed E-state index contributed by atoms with van der Waals surface area (Å²) >= 11 is 0. The van der Waals surface area contributed by atoms with E-state index in [0.717, 1.165) is 6.20 Å². The highest BCUT2D eigenvalue weighted by atomic mass is 16.5. The zero-order chi connectivity index (χ0) is 15.9. The number of hydrogen-bond acceptors (Lipinski definition) is 5. The van der Waals surface area contributed by atoms with Crippen LogP contribution in [0.3, 0.4) is 0 Å². The summed E-state index contributed by atoms with van der Waals surface area (Å²) in [7, 11) is 0. The second kappa shape index (κ2) is 6.85. The SMILES string of the molecule is N#Cc1cccc(NC(=O)COC(=O)c2cccc[n+]2[O-])c1. The van der Waals surface area contributed by atoms with Crippen molar-refractivity contribution in [3.05, 3.63) is 65.1 Å². The minimum atomic E-state index is -0.892. The maximum absolute atomic E-state index is 11.7. The molecule has 0 bridgehead atoms. The summed E-state index contributed by atoms with van der Waals surface area (Å²) in [5, 5.41) is 22.6. The standard InChI is InChI=1S/C15H11N3O4/c16-9-11-4-3-5-12(8-11)17-14(19)10-22-15(20)13-6-1-2-7-18(13)21/h1-8H,10H2,(H,17,19). The summed E-state index contributed by atoms with van der Waals surface area (Å²) in [6.07, 6.45) is 1.16. The Hall–Kier alpha value is -3.40. The van der Waals surface area contributed by atoms with Gasteiger partial charge in [-0.2, -0.15) is 9.99 Å². The van der Waals surface area contributed by atoms with Gasteiger partial charge in [-0.1, -0.05) is 6.07 Å². The van der Waals surface area contributed by atoms with Crippen molar-refractivity contribution >= 4 is 17.6 Å². The number of carbonyl (C=O) groups excluding carboxylic acids is 2. The number of amides is 1. The van der Waals surface area contributed by atoms with Gasteiger partial charge in [0.25, 0.3) is 5.91 Å². The van der Waals surface area contributed by atoms with Gasteiger partial charge >= 0.3 is 11.7 Å². The Balaban J connectivity index is 1.92. The first-order chi connectivity index (χ1) is 10.6. The van der Waals surface area contributed by atoms with E-state index in [-0.39, 0.29) is 5.69 Å². The van der Waals surface area contributed by atoms with Crippen LogP contribution in [0.2, 0.25) is 0 Å². The van der Waals surface area contributed by atoms with Crippen LogP contribution < -0.4 is 10.0 Å². The Morgan fingerprint density at radius 2 is 2.09 bits per heavy atom. The van der Waals surface area contributed by atoms with E-state index in [4.69, 9.17) is 10.00 Å². The molecule has 0 atom stereocenters. The molecule has 0 saturated carbocycles. The molecule has 1 heterocycles. The molecule has 110 valence electrons. The average molecular weight is 297 g/mol. The lowest BCUT2D eigenvalue weighted by molar-refractivity contribution is -0.608. The second-order valence-corrected chi connectivity index (χ2v) is 4.23. The zero-order valence-corrected chi connectivity index (χ0v) is 11.4. The molecule has 0 aliphatic heterocycles. The average Bonchev–Trinajstić information content (AvgIpc) is 2.53. The van der Waals surface area contributed by atoms with Gasteiger partial charge in [0.05, 0.1) is 11.6 Å². The zero-order valence-electron chi connectivity index (χ0n) is 11.4. The lowest BCUT2D eigenvalue weighted by atomic mass is 10.2. The summed E-state index contributed by atoms with van der Waals surface area (Å²) in [4.78, 5) is 23.3. The number of rotatable bonds is 4. The van der Waals surface area contributed by atoms with E-state index in [1.54, 1.807) is 18.2 Å². The number of pyridine rings is 1. The number of carbonyl (C=O) groups is 2. The van der Waals surface area contributed by atoms with Crippen molar-refractivity contribution in [2.45, 2.75) is 0 Å². The number of esters is 1. The number of hydrogen-bond donors (Lipinski definition) is 1. The van der Waals surface area contributed by atoms with Gasteiger partial charge in [-0.05, 0) is 24.3 Å². The first kappa shape index (κ1) is 15.0. The van der Waals surface area contributed by atoms with E-state index in [2.05, 4.69) is 5.32 Å². The lowest BCUT2D eigenvalue weighted by Crippen LogP contribution is -2.35. The highest BCUT2D eigenvalue weighted by Gasteiger charge is 2.18. The van der Waals surface area contributed by atoms with Crippen LogP contribution >= 0.6 is 0 Å². The van der Waals surface area contributed by atoms with Crippen LogP contribution in [0, 0.1) is 16.5 Å². The fraction of sp³-hybridized carbons (Fsp3) is 0.0667. The predicted octanol–water partition coefficient (Wildman–Crippen LogP) is 0.987. The molecular formula is C15H11N3O4. The monoisotopic (exact) mass is 297 g/mol. The number of nitriles is 1. The maximum Gasteiger partial charge on any atom is 0.405 e. The van der Waals surface area contributed by atoms with Crippen LogP contribution in [0.15, 0.2) is 48.7 Å². The van der Waals surface area contributed by atoms with Crippen molar-refractivity contribution in [3.63, 3.8) is 0 Å². The van der Waals surface area contributed by atoms with E-state index in [9.17, 15) is 14.8 Å². The van der Waals surface area contributed by atoms with Crippen molar-refractivity contribution in [1.29, 1.82) is 5.26 Å². The molecule has 0 saturated heterocycles. The van der Waals surface area contributed by atoms with Crippen molar-refractivity contribution in [2.24, 2.45) is 0 Å². The van der Waals surface area contributed by atoms with Gasteiger partial charge in [-0.15, -0.1) is 0 Å². The van der Waals surface area contributed by atoms with E-state index in [1.807, 2.05) is 6.07 Å². The van der Waals surface area contributed by atoms with Crippen LogP contribution in [-0.2, 0) is 9.53 Å².